The summed E-state index contributed by atoms with van der Waals surface area (Å²) in [6.07, 6.45) is 5.08. The number of hydrogen-bond donors (Lipinski definition) is 0. The number of rotatable bonds is 2. The van der Waals surface area contributed by atoms with Crippen molar-refractivity contribution in [2.45, 2.75) is 6.92 Å². The Balaban J connectivity index is 1.92. The van der Waals surface area contributed by atoms with Crippen LogP contribution >= 0.6 is 0 Å². The monoisotopic (exact) mass is 329 g/mol. The molecule has 0 aromatic carbocycles. The summed E-state index contributed by atoms with van der Waals surface area (Å²) < 4.78 is 15.3. The summed E-state index contributed by atoms with van der Waals surface area (Å²) in [7, 11) is 0. The molecule has 4 rings (SSSR count). The molecule has 0 amide bonds. The number of aryl methyl sites for hydroxylation is 1. The molecule has 0 saturated carbocycles. The summed E-state index contributed by atoms with van der Waals surface area (Å²) in [5.41, 5.74) is 4.03. The summed E-state index contributed by atoms with van der Waals surface area (Å²) in [6.45, 7) is 8.87. The lowest BCUT2D eigenvalue weighted by molar-refractivity contribution is 0.610. The van der Waals surface area contributed by atoms with Crippen molar-refractivity contribution in [3.8, 4) is 22.5 Å². The SMILES string of the molecule is [C-]#[N+]c1cnc2ccc(-c3cccnc3-c3ccc(F)c(C)n3)cn12. The van der Waals surface area contributed by atoms with E-state index in [1.165, 1.54) is 6.07 Å². The van der Waals surface area contributed by atoms with E-state index in [0.29, 0.717) is 28.5 Å². The third-order valence-electron chi connectivity index (χ3n) is 3.98. The van der Waals surface area contributed by atoms with Gasteiger partial charge in [-0.05, 0) is 31.2 Å². The van der Waals surface area contributed by atoms with Gasteiger partial charge >= 0.3 is 0 Å². The average Bonchev–Trinajstić information content (AvgIpc) is 3.06. The fraction of sp³-hybridized carbons (Fsp3) is 0.0526. The van der Waals surface area contributed by atoms with Crippen molar-refractivity contribution < 1.29 is 4.39 Å². The molecular formula is C19H12FN5. The Bertz CT molecular complexity index is 1140. The topological polar surface area (TPSA) is 47.4 Å². The van der Waals surface area contributed by atoms with Gasteiger partial charge < -0.3 is 4.85 Å². The highest BCUT2D eigenvalue weighted by Crippen LogP contribution is 2.30. The molecule has 4 aromatic heterocycles. The molecule has 120 valence electrons. The molecule has 0 N–H and O–H groups in total. The van der Waals surface area contributed by atoms with Gasteiger partial charge in [-0.2, -0.15) is 0 Å². The zero-order valence-corrected chi connectivity index (χ0v) is 13.3. The minimum atomic E-state index is -0.345. The number of nitrogens with zero attached hydrogens (tertiary/aromatic N) is 5. The maximum Gasteiger partial charge on any atom is 0.254 e. The van der Waals surface area contributed by atoms with Gasteiger partial charge in [0.2, 0.25) is 5.65 Å². The van der Waals surface area contributed by atoms with E-state index in [-0.39, 0.29) is 5.82 Å². The van der Waals surface area contributed by atoms with Gasteiger partial charge in [-0.25, -0.2) is 18.8 Å². The molecule has 0 aliphatic heterocycles. The largest absolute Gasteiger partial charge is 0.362 e. The predicted octanol–water partition coefficient (Wildman–Crippen LogP) is 4.46. The molecule has 0 aliphatic rings. The summed E-state index contributed by atoms with van der Waals surface area (Å²) in [5.74, 6) is 0.0980. The van der Waals surface area contributed by atoms with Crippen LogP contribution in [-0.4, -0.2) is 19.4 Å². The van der Waals surface area contributed by atoms with Crippen LogP contribution < -0.4 is 0 Å². The van der Waals surface area contributed by atoms with Gasteiger partial charge in [0.05, 0.1) is 29.5 Å². The molecule has 0 radical (unpaired) electrons. The van der Waals surface area contributed by atoms with Gasteiger partial charge in [-0.1, -0.05) is 12.6 Å². The minimum absolute atomic E-state index is 0.328. The maximum absolute atomic E-state index is 13.5. The van der Waals surface area contributed by atoms with Crippen molar-refractivity contribution in [3.63, 3.8) is 0 Å². The second-order valence-electron chi connectivity index (χ2n) is 5.54. The second-order valence-corrected chi connectivity index (χ2v) is 5.54. The van der Waals surface area contributed by atoms with Gasteiger partial charge in [-0.3, -0.25) is 4.98 Å². The van der Waals surface area contributed by atoms with Gasteiger partial charge in [0, 0.05) is 23.4 Å². The van der Waals surface area contributed by atoms with Crippen molar-refractivity contribution in [1.29, 1.82) is 0 Å². The highest BCUT2D eigenvalue weighted by atomic mass is 19.1. The Morgan fingerprint density at radius 1 is 1.12 bits per heavy atom. The molecule has 0 atom stereocenters. The predicted molar refractivity (Wildman–Crippen MR) is 92.6 cm³/mol. The highest BCUT2D eigenvalue weighted by molar-refractivity contribution is 5.79. The zero-order chi connectivity index (χ0) is 17.4. The number of halogens is 1. The van der Waals surface area contributed by atoms with Crippen LogP contribution in [0.5, 0.6) is 0 Å². The van der Waals surface area contributed by atoms with Crippen LogP contribution in [0.2, 0.25) is 0 Å². The smallest absolute Gasteiger partial charge is 0.254 e. The molecule has 5 nitrogen and oxygen atoms in total. The van der Waals surface area contributed by atoms with Gasteiger partial charge in [0.25, 0.3) is 5.82 Å². The van der Waals surface area contributed by atoms with E-state index in [4.69, 9.17) is 6.57 Å². The normalized spacial score (nSPS) is 10.8. The third kappa shape index (κ3) is 2.52. The molecule has 0 spiro atoms. The van der Waals surface area contributed by atoms with Crippen molar-refractivity contribution >= 4 is 11.5 Å². The number of aromatic nitrogens is 4. The first-order valence-corrected chi connectivity index (χ1v) is 7.61. The quantitative estimate of drug-likeness (QED) is 0.510. The summed E-state index contributed by atoms with van der Waals surface area (Å²) >= 11 is 0. The van der Waals surface area contributed by atoms with E-state index in [1.807, 2.05) is 30.5 Å². The van der Waals surface area contributed by atoms with Crippen molar-refractivity contribution in [3.05, 3.63) is 77.9 Å². The number of hydrogen-bond acceptors (Lipinski definition) is 3. The van der Waals surface area contributed by atoms with Crippen molar-refractivity contribution in [2.75, 3.05) is 0 Å². The molecule has 0 bridgehead atoms. The molecule has 6 heteroatoms. The van der Waals surface area contributed by atoms with E-state index < -0.39 is 0 Å². The Hall–Kier alpha value is -3.59. The minimum Gasteiger partial charge on any atom is -0.362 e. The van der Waals surface area contributed by atoms with Crippen molar-refractivity contribution in [2.24, 2.45) is 0 Å². The van der Waals surface area contributed by atoms with Crippen LogP contribution in [-0.2, 0) is 0 Å². The van der Waals surface area contributed by atoms with E-state index >= 15 is 0 Å². The number of fused-ring (bicyclic) bond motifs is 1. The summed E-state index contributed by atoms with van der Waals surface area (Å²) in [4.78, 5) is 16.4. The average molecular weight is 329 g/mol. The van der Waals surface area contributed by atoms with Crippen LogP contribution in [0.3, 0.4) is 0 Å². The standard InChI is InChI=1S/C19H12FN5/c1-12-15(20)6-7-16(24-12)19-14(4-3-9-22-19)13-5-8-17-23-10-18(21-2)25(17)11-13/h3-11H,1H3. The lowest BCUT2D eigenvalue weighted by Crippen LogP contribution is -1.96. The maximum atomic E-state index is 13.5. The lowest BCUT2D eigenvalue weighted by atomic mass is 10.0. The molecule has 0 fully saturated rings. The lowest BCUT2D eigenvalue weighted by Gasteiger charge is -2.09. The molecule has 4 heterocycles. The fourth-order valence-electron chi connectivity index (χ4n) is 2.73. The first-order valence-electron chi connectivity index (χ1n) is 7.61. The van der Waals surface area contributed by atoms with Crippen LogP contribution in [0.4, 0.5) is 10.2 Å². The zero-order valence-electron chi connectivity index (χ0n) is 13.3. The summed E-state index contributed by atoms with van der Waals surface area (Å²) in [6, 6.07) is 10.6. The Labute approximate surface area is 143 Å². The van der Waals surface area contributed by atoms with Gasteiger partial charge in [0.1, 0.15) is 5.82 Å². The molecule has 0 saturated heterocycles. The van der Waals surface area contributed by atoms with Gasteiger partial charge in [-0.15, -0.1) is 0 Å². The van der Waals surface area contributed by atoms with Crippen molar-refractivity contribution in [1.82, 2.24) is 19.4 Å². The first-order chi connectivity index (χ1) is 12.2. The second kappa shape index (κ2) is 5.80. The van der Waals surface area contributed by atoms with Crippen LogP contribution in [0.1, 0.15) is 5.69 Å². The third-order valence-corrected chi connectivity index (χ3v) is 3.98. The number of imidazole rings is 1. The van der Waals surface area contributed by atoms with E-state index in [1.54, 1.807) is 29.8 Å². The fourth-order valence-corrected chi connectivity index (χ4v) is 2.73. The van der Waals surface area contributed by atoms with Crippen LogP contribution in [0.15, 0.2) is 55.0 Å². The Morgan fingerprint density at radius 3 is 2.80 bits per heavy atom. The first kappa shape index (κ1) is 15.0. The Kier molecular flexibility index (Phi) is 3.47. The molecular weight excluding hydrogens is 317 g/mol. The summed E-state index contributed by atoms with van der Waals surface area (Å²) in [5, 5.41) is 0. The number of pyridine rings is 3. The van der Waals surface area contributed by atoms with E-state index in [2.05, 4.69) is 19.8 Å². The molecule has 0 unspecified atom stereocenters. The van der Waals surface area contributed by atoms with Crippen LogP contribution in [0.25, 0.3) is 33.0 Å². The van der Waals surface area contributed by atoms with E-state index in [9.17, 15) is 4.39 Å². The molecule has 0 aliphatic carbocycles. The highest BCUT2D eigenvalue weighted by Gasteiger charge is 2.14. The Morgan fingerprint density at radius 2 is 2.00 bits per heavy atom. The van der Waals surface area contributed by atoms with Gasteiger partial charge in [0.15, 0.2) is 0 Å². The molecule has 25 heavy (non-hydrogen) atoms. The molecule has 4 aromatic rings. The van der Waals surface area contributed by atoms with Crippen LogP contribution in [0, 0.1) is 19.3 Å². The van der Waals surface area contributed by atoms with E-state index in [0.717, 1.165) is 11.1 Å².